The van der Waals surface area contributed by atoms with E-state index in [1.54, 1.807) is 0 Å². The number of aryl methyl sites for hydroxylation is 1. The van der Waals surface area contributed by atoms with Gasteiger partial charge >= 0.3 is 0 Å². The molecule has 5 nitrogen and oxygen atoms in total. The molecule has 0 fully saturated rings. The minimum absolute atomic E-state index is 0.139. The van der Waals surface area contributed by atoms with Crippen molar-refractivity contribution in [1.29, 1.82) is 0 Å². The summed E-state index contributed by atoms with van der Waals surface area (Å²) >= 11 is 0. The van der Waals surface area contributed by atoms with Crippen molar-refractivity contribution in [2.45, 2.75) is 47.0 Å². The van der Waals surface area contributed by atoms with Gasteiger partial charge < -0.3 is 14.7 Å². The molecule has 0 bridgehead atoms. The van der Waals surface area contributed by atoms with Gasteiger partial charge in [0.25, 0.3) is 5.56 Å². The number of nitrogens with zero attached hydrogens (tertiary/aromatic N) is 1. The third-order valence-electron chi connectivity index (χ3n) is 7.06. The molecule has 0 radical (unpaired) electrons. The molecule has 0 aliphatic heterocycles. The largest absolute Gasteiger partial charge is 0.494 e. The summed E-state index contributed by atoms with van der Waals surface area (Å²) in [5, 5.41) is 0.566. The molecule has 182 valence electrons. The Balaban J connectivity index is 1.47. The number of rotatable bonds is 10. The van der Waals surface area contributed by atoms with Crippen molar-refractivity contribution in [3.05, 3.63) is 81.9 Å². The SMILES string of the molecule is CCc1ccc(-c2cc3c(=O)[nH]cnc3[nH]2)cc1C=Cc1ccc(OCCC(C)C(C)CC)cc1. The molecule has 2 aromatic carbocycles. The Morgan fingerprint density at radius 2 is 1.80 bits per heavy atom. The molecule has 0 aliphatic rings. The second kappa shape index (κ2) is 11.2. The van der Waals surface area contributed by atoms with Gasteiger partial charge in [-0.2, -0.15) is 0 Å². The molecule has 0 aliphatic carbocycles. The molecule has 4 aromatic rings. The summed E-state index contributed by atoms with van der Waals surface area (Å²) in [5.41, 5.74) is 5.91. The number of hydrogen-bond acceptors (Lipinski definition) is 3. The Hall–Kier alpha value is -3.60. The van der Waals surface area contributed by atoms with E-state index >= 15 is 0 Å². The smallest absolute Gasteiger partial charge is 0.260 e. The van der Waals surface area contributed by atoms with E-state index in [-0.39, 0.29) is 5.56 Å². The average molecular weight is 470 g/mol. The monoisotopic (exact) mass is 469 g/mol. The summed E-state index contributed by atoms with van der Waals surface area (Å²) < 4.78 is 5.97. The van der Waals surface area contributed by atoms with Gasteiger partial charge in [0, 0.05) is 5.69 Å². The lowest BCUT2D eigenvalue weighted by Gasteiger charge is -2.18. The fourth-order valence-electron chi connectivity index (χ4n) is 4.26. The molecule has 5 heteroatoms. The third kappa shape index (κ3) is 5.91. The first-order valence-electron chi connectivity index (χ1n) is 12.6. The van der Waals surface area contributed by atoms with Gasteiger partial charge in [0.05, 0.1) is 18.3 Å². The first-order chi connectivity index (χ1) is 17.0. The summed E-state index contributed by atoms with van der Waals surface area (Å²) in [4.78, 5) is 22.2. The molecule has 2 N–H and O–H groups in total. The van der Waals surface area contributed by atoms with Crippen molar-refractivity contribution in [1.82, 2.24) is 15.0 Å². The molecule has 2 atom stereocenters. The molecule has 2 heterocycles. The second-order valence-electron chi connectivity index (χ2n) is 9.35. The summed E-state index contributed by atoms with van der Waals surface area (Å²) in [6, 6.07) is 16.5. The number of hydrogen-bond donors (Lipinski definition) is 2. The van der Waals surface area contributed by atoms with Crippen LogP contribution in [-0.4, -0.2) is 21.6 Å². The minimum Gasteiger partial charge on any atom is -0.494 e. The predicted molar refractivity (Wildman–Crippen MR) is 146 cm³/mol. The summed E-state index contributed by atoms with van der Waals surface area (Å²) in [5.74, 6) is 2.32. The lowest BCUT2D eigenvalue weighted by Crippen LogP contribution is -2.11. The maximum Gasteiger partial charge on any atom is 0.260 e. The van der Waals surface area contributed by atoms with Gasteiger partial charge in [-0.05, 0) is 71.2 Å². The van der Waals surface area contributed by atoms with Gasteiger partial charge in [0.2, 0.25) is 0 Å². The fourth-order valence-corrected chi connectivity index (χ4v) is 4.26. The minimum atomic E-state index is -0.139. The molecule has 0 amide bonds. The Labute approximate surface area is 207 Å². The van der Waals surface area contributed by atoms with Crippen LogP contribution in [0.5, 0.6) is 5.75 Å². The van der Waals surface area contributed by atoms with Crippen LogP contribution in [0.2, 0.25) is 0 Å². The quantitative estimate of drug-likeness (QED) is 0.243. The van der Waals surface area contributed by atoms with E-state index in [9.17, 15) is 4.79 Å². The van der Waals surface area contributed by atoms with Gasteiger partial charge in [-0.3, -0.25) is 4.79 Å². The zero-order chi connectivity index (χ0) is 24.8. The number of ether oxygens (including phenoxy) is 1. The molecule has 35 heavy (non-hydrogen) atoms. The van der Waals surface area contributed by atoms with E-state index < -0.39 is 0 Å². The summed E-state index contributed by atoms with van der Waals surface area (Å²) in [6.45, 7) is 9.77. The van der Waals surface area contributed by atoms with Crippen molar-refractivity contribution >= 4 is 23.2 Å². The number of aromatic amines is 2. The summed E-state index contributed by atoms with van der Waals surface area (Å²) in [6.07, 6.45) is 8.93. The second-order valence-corrected chi connectivity index (χ2v) is 9.35. The standard InChI is InChI=1S/C30H35N3O2/c1-5-20(3)21(4)15-16-35-26-13-8-22(9-14-26)7-10-24-17-25(12-11-23(24)6-2)28-18-27-29(33-28)31-19-32-30(27)34/h7-14,17-21H,5-6,15-16H2,1-4H3,(H2,31,32,33,34). The summed E-state index contributed by atoms with van der Waals surface area (Å²) in [7, 11) is 0. The van der Waals surface area contributed by atoms with Gasteiger partial charge in [-0.1, -0.05) is 70.5 Å². The van der Waals surface area contributed by atoms with Crippen molar-refractivity contribution in [3.8, 4) is 17.0 Å². The van der Waals surface area contributed by atoms with Gasteiger partial charge in [-0.25, -0.2) is 4.98 Å². The normalized spacial score (nSPS) is 13.4. The molecule has 0 saturated heterocycles. The number of H-pyrrole nitrogens is 2. The number of nitrogens with one attached hydrogen (secondary N) is 2. The topological polar surface area (TPSA) is 70.8 Å². The zero-order valence-electron chi connectivity index (χ0n) is 21.1. The van der Waals surface area contributed by atoms with Crippen LogP contribution in [0.25, 0.3) is 34.4 Å². The van der Waals surface area contributed by atoms with Crippen LogP contribution in [-0.2, 0) is 6.42 Å². The number of aromatic nitrogens is 3. The van der Waals surface area contributed by atoms with E-state index in [2.05, 4.69) is 85.1 Å². The van der Waals surface area contributed by atoms with Gasteiger partial charge in [0.15, 0.2) is 0 Å². The Morgan fingerprint density at radius 3 is 2.51 bits per heavy atom. The third-order valence-corrected chi connectivity index (χ3v) is 7.06. The number of fused-ring (bicyclic) bond motifs is 1. The molecule has 2 aromatic heterocycles. The zero-order valence-corrected chi connectivity index (χ0v) is 21.1. The van der Waals surface area contributed by atoms with E-state index in [0.29, 0.717) is 17.0 Å². The van der Waals surface area contributed by atoms with Crippen LogP contribution in [0.4, 0.5) is 0 Å². The first-order valence-corrected chi connectivity index (χ1v) is 12.6. The maximum absolute atomic E-state index is 12.1. The van der Waals surface area contributed by atoms with Crippen molar-refractivity contribution < 1.29 is 4.74 Å². The highest BCUT2D eigenvalue weighted by molar-refractivity contribution is 5.83. The Kier molecular flexibility index (Phi) is 7.86. The lowest BCUT2D eigenvalue weighted by molar-refractivity contribution is 0.250. The van der Waals surface area contributed by atoms with E-state index in [1.807, 2.05) is 18.2 Å². The van der Waals surface area contributed by atoms with Crippen LogP contribution in [0.15, 0.2) is 59.7 Å². The molecular weight excluding hydrogens is 434 g/mol. The molecule has 4 rings (SSSR count). The number of benzene rings is 2. The lowest BCUT2D eigenvalue weighted by atomic mass is 9.91. The maximum atomic E-state index is 12.1. The molecular formula is C30H35N3O2. The predicted octanol–water partition coefficient (Wildman–Crippen LogP) is 7.10. The van der Waals surface area contributed by atoms with Gasteiger partial charge in [-0.15, -0.1) is 0 Å². The van der Waals surface area contributed by atoms with Crippen LogP contribution in [0.3, 0.4) is 0 Å². The Bertz CT molecular complexity index is 1350. The van der Waals surface area contributed by atoms with Crippen molar-refractivity contribution in [2.24, 2.45) is 11.8 Å². The van der Waals surface area contributed by atoms with Crippen LogP contribution in [0.1, 0.15) is 57.2 Å². The first kappa shape index (κ1) is 24.5. The van der Waals surface area contributed by atoms with E-state index in [0.717, 1.165) is 53.5 Å². The molecule has 2 unspecified atom stereocenters. The highest BCUT2D eigenvalue weighted by Crippen LogP contribution is 2.26. The highest BCUT2D eigenvalue weighted by Gasteiger charge is 2.10. The molecule has 0 spiro atoms. The average Bonchev–Trinajstić information content (AvgIpc) is 3.33. The van der Waals surface area contributed by atoms with E-state index in [1.165, 1.54) is 18.3 Å². The Morgan fingerprint density at radius 1 is 1.00 bits per heavy atom. The molecule has 0 saturated carbocycles. The van der Waals surface area contributed by atoms with Crippen molar-refractivity contribution in [3.63, 3.8) is 0 Å². The fraction of sp³-hybridized carbons (Fsp3) is 0.333. The van der Waals surface area contributed by atoms with Crippen LogP contribution in [0, 0.1) is 11.8 Å². The van der Waals surface area contributed by atoms with Crippen molar-refractivity contribution in [2.75, 3.05) is 6.61 Å². The van der Waals surface area contributed by atoms with Gasteiger partial charge in [0.1, 0.15) is 11.4 Å². The van der Waals surface area contributed by atoms with E-state index in [4.69, 9.17) is 4.74 Å². The highest BCUT2D eigenvalue weighted by atomic mass is 16.5. The van der Waals surface area contributed by atoms with Crippen LogP contribution >= 0.6 is 0 Å². The van der Waals surface area contributed by atoms with Crippen LogP contribution < -0.4 is 10.3 Å².